The second-order valence-electron chi connectivity index (χ2n) is 9.94. The van der Waals surface area contributed by atoms with Crippen molar-refractivity contribution in [2.24, 2.45) is 23.7 Å². The summed E-state index contributed by atoms with van der Waals surface area (Å²) in [6, 6.07) is 19.3. The Kier molecular flexibility index (Phi) is 5.87. The SMILES string of the molecule is CCC(C)c1ccc(OC(Cc2ccccc2)OC2CC3CC2C2CCCC32)cc1. The van der Waals surface area contributed by atoms with Crippen LogP contribution in [0.15, 0.2) is 54.6 Å². The van der Waals surface area contributed by atoms with E-state index < -0.39 is 0 Å². The van der Waals surface area contributed by atoms with Crippen LogP contribution >= 0.6 is 0 Å². The molecule has 3 aliphatic carbocycles. The van der Waals surface area contributed by atoms with Gasteiger partial charge in [0.25, 0.3) is 0 Å². The lowest BCUT2D eigenvalue weighted by Gasteiger charge is -2.34. The van der Waals surface area contributed by atoms with E-state index in [2.05, 4.69) is 68.4 Å². The van der Waals surface area contributed by atoms with E-state index >= 15 is 0 Å². The summed E-state index contributed by atoms with van der Waals surface area (Å²) in [5.41, 5.74) is 2.66. The fourth-order valence-electron chi connectivity index (χ4n) is 6.54. The van der Waals surface area contributed by atoms with Gasteiger partial charge >= 0.3 is 0 Å². The van der Waals surface area contributed by atoms with Crippen molar-refractivity contribution in [2.45, 2.75) is 77.1 Å². The van der Waals surface area contributed by atoms with Crippen LogP contribution in [0.2, 0.25) is 0 Å². The number of rotatable bonds is 8. The summed E-state index contributed by atoms with van der Waals surface area (Å²) < 4.78 is 13.2. The predicted molar refractivity (Wildman–Crippen MR) is 122 cm³/mol. The van der Waals surface area contributed by atoms with Gasteiger partial charge in [-0.3, -0.25) is 0 Å². The summed E-state index contributed by atoms with van der Waals surface area (Å²) in [6.07, 6.45) is 9.07. The van der Waals surface area contributed by atoms with Gasteiger partial charge in [0, 0.05) is 6.42 Å². The first-order chi connectivity index (χ1) is 14.7. The summed E-state index contributed by atoms with van der Waals surface area (Å²) in [7, 11) is 0. The third-order valence-corrected chi connectivity index (χ3v) is 8.27. The average molecular weight is 405 g/mol. The highest BCUT2D eigenvalue weighted by Gasteiger charge is 2.54. The number of ether oxygens (including phenoxy) is 2. The van der Waals surface area contributed by atoms with Gasteiger partial charge < -0.3 is 9.47 Å². The smallest absolute Gasteiger partial charge is 0.204 e. The van der Waals surface area contributed by atoms with Gasteiger partial charge in [-0.25, -0.2) is 0 Å². The summed E-state index contributed by atoms with van der Waals surface area (Å²) in [4.78, 5) is 0. The van der Waals surface area contributed by atoms with Crippen LogP contribution in [0.3, 0.4) is 0 Å². The molecule has 2 nitrogen and oxygen atoms in total. The van der Waals surface area contributed by atoms with Gasteiger partial charge in [-0.05, 0) is 85.0 Å². The Morgan fingerprint density at radius 2 is 1.67 bits per heavy atom. The Morgan fingerprint density at radius 3 is 2.43 bits per heavy atom. The molecule has 7 atom stereocenters. The third-order valence-electron chi connectivity index (χ3n) is 8.27. The molecule has 0 heterocycles. The fourth-order valence-corrected chi connectivity index (χ4v) is 6.54. The molecule has 7 unspecified atom stereocenters. The summed E-state index contributed by atoms with van der Waals surface area (Å²) >= 11 is 0. The first kappa shape index (κ1) is 20.1. The molecular weight excluding hydrogens is 368 g/mol. The summed E-state index contributed by atoms with van der Waals surface area (Å²) in [6.45, 7) is 4.52. The molecule has 0 radical (unpaired) electrons. The van der Waals surface area contributed by atoms with E-state index in [1.54, 1.807) is 0 Å². The minimum atomic E-state index is -0.217. The van der Waals surface area contributed by atoms with Crippen LogP contribution in [0.25, 0.3) is 0 Å². The van der Waals surface area contributed by atoms with Gasteiger partial charge in [-0.15, -0.1) is 0 Å². The predicted octanol–water partition coefficient (Wildman–Crippen LogP) is 6.99. The van der Waals surface area contributed by atoms with Crippen LogP contribution in [0.4, 0.5) is 0 Å². The number of hydrogen-bond acceptors (Lipinski definition) is 2. The Morgan fingerprint density at radius 1 is 0.900 bits per heavy atom. The van der Waals surface area contributed by atoms with E-state index in [4.69, 9.17) is 9.47 Å². The third kappa shape index (κ3) is 4.04. The second-order valence-corrected chi connectivity index (χ2v) is 9.94. The van der Waals surface area contributed by atoms with Crippen LogP contribution in [0.1, 0.15) is 69.4 Å². The lowest BCUT2D eigenvalue weighted by molar-refractivity contribution is -0.141. The zero-order chi connectivity index (χ0) is 20.5. The molecule has 2 bridgehead atoms. The van der Waals surface area contributed by atoms with Gasteiger partial charge in [0.15, 0.2) is 0 Å². The average Bonchev–Trinajstić information content (AvgIpc) is 3.48. The number of hydrogen-bond donors (Lipinski definition) is 0. The Labute approximate surface area is 182 Å². The minimum Gasteiger partial charge on any atom is -0.465 e. The first-order valence-corrected chi connectivity index (χ1v) is 12.2. The molecule has 160 valence electrons. The van der Waals surface area contributed by atoms with E-state index in [1.165, 1.54) is 43.2 Å². The van der Waals surface area contributed by atoms with E-state index in [-0.39, 0.29) is 6.29 Å². The highest BCUT2D eigenvalue weighted by molar-refractivity contribution is 5.29. The number of fused-ring (bicyclic) bond motifs is 5. The molecule has 30 heavy (non-hydrogen) atoms. The normalized spacial score (nSPS) is 31.5. The molecule has 3 aliphatic rings. The van der Waals surface area contributed by atoms with E-state index in [9.17, 15) is 0 Å². The summed E-state index contributed by atoms with van der Waals surface area (Å²) in [5, 5.41) is 0. The van der Waals surface area contributed by atoms with Crippen LogP contribution in [-0.4, -0.2) is 12.4 Å². The lowest BCUT2D eigenvalue weighted by atomic mass is 9.80. The fraction of sp³-hybridized carbons (Fsp3) is 0.571. The van der Waals surface area contributed by atoms with Gasteiger partial charge in [0.1, 0.15) is 5.75 Å². The standard InChI is InChI=1S/C28H36O2/c1-3-19(2)21-12-14-23(15-13-21)29-28(16-20-8-5-4-6-9-20)30-27-18-22-17-26(27)25-11-7-10-24(22)25/h4-6,8-9,12-15,19,22,24-28H,3,7,10-11,16-18H2,1-2H3. The van der Waals surface area contributed by atoms with E-state index in [1.807, 2.05) is 0 Å². The van der Waals surface area contributed by atoms with Crippen LogP contribution < -0.4 is 4.74 Å². The Balaban J connectivity index is 1.29. The Bertz CT molecular complexity index is 814. The molecule has 2 heteroatoms. The molecular formula is C28H36O2. The van der Waals surface area contributed by atoms with Crippen molar-refractivity contribution >= 4 is 0 Å². The molecule has 0 aliphatic heterocycles. The molecule has 0 N–H and O–H groups in total. The highest BCUT2D eigenvalue weighted by Crippen LogP contribution is 2.59. The molecule has 0 amide bonds. The maximum Gasteiger partial charge on any atom is 0.204 e. The second kappa shape index (κ2) is 8.75. The monoisotopic (exact) mass is 404 g/mol. The van der Waals surface area contributed by atoms with E-state index in [0.29, 0.717) is 12.0 Å². The van der Waals surface area contributed by atoms with Crippen molar-refractivity contribution in [3.05, 3.63) is 65.7 Å². The molecule has 0 saturated heterocycles. The molecule has 2 aromatic carbocycles. The number of benzene rings is 2. The van der Waals surface area contributed by atoms with Crippen molar-refractivity contribution in [3.8, 4) is 5.75 Å². The summed E-state index contributed by atoms with van der Waals surface area (Å²) in [5.74, 6) is 5.09. The molecule has 0 spiro atoms. The Hall–Kier alpha value is -1.80. The molecule has 0 aromatic heterocycles. The van der Waals surface area contributed by atoms with Crippen LogP contribution in [-0.2, 0) is 11.2 Å². The lowest BCUT2D eigenvalue weighted by Crippen LogP contribution is -2.36. The van der Waals surface area contributed by atoms with Crippen molar-refractivity contribution in [2.75, 3.05) is 0 Å². The van der Waals surface area contributed by atoms with Gasteiger partial charge in [-0.2, -0.15) is 0 Å². The minimum absolute atomic E-state index is 0.217. The van der Waals surface area contributed by atoms with Crippen molar-refractivity contribution in [1.82, 2.24) is 0 Å². The van der Waals surface area contributed by atoms with Crippen molar-refractivity contribution in [1.29, 1.82) is 0 Å². The van der Waals surface area contributed by atoms with E-state index in [0.717, 1.165) is 42.3 Å². The highest BCUT2D eigenvalue weighted by atomic mass is 16.7. The first-order valence-electron chi connectivity index (χ1n) is 12.2. The van der Waals surface area contributed by atoms with Crippen LogP contribution in [0.5, 0.6) is 5.75 Å². The van der Waals surface area contributed by atoms with Crippen LogP contribution in [0, 0.1) is 23.7 Å². The molecule has 3 fully saturated rings. The zero-order valence-corrected chi connectivity index (χ0v) is 18.5. The van der Waals surface area contributed by atoms with Gasteiger partial charge in [0.05, 0.1) is 6.10 Å². The maximum absolute atomic E-state index is 6.74. The topological polar surface area (TPSA) is 18.5 Å². The maximum atomic E-state index is 6.74. The largest absolute Gasteiger partial charge is 0.465 e. The molecule has 5 rings (SSSR count). The van der Waals surface area contributed by atoms with Gasteiger partial charge in [0.2, 0.25) is 6.29 Å². The van der Waals surface area contributed by atoms with Gasteiger partial charge in [-0.1, -0.05) is 62.7 Å². The van der Waals surface area contributed by atoms with Crippen molar-refractivity contribution < 1.29 is 9.47 Å². The molecule has 3 saturated carbocycles. The van der Waals surface area contributed by atoms with Crippen molar-refractivity contribution in [3.63, 3.8) is 0 Å². The zero-order valence-electron chi connectivity index (χ0n) is 18.5. The molecule has 2 aromatic rings. The quantitative estimate of drug-likeness (QED) is 0.441.